The van der Waals surface area contributed by atoms with E-state index in [9.17, 15) is 13.5 Å². The Hall–Kier alpha value is -0.950. The lowest BCUT2D eigenvalue weighted by atomic mass is 9.91. The van der Waals surface area contributed by atoms with Crippen molar-refractivity contribution < 1.29 is 18.3 Å². The molecule has 1 heterocycles. The predicted molar refractivity (Wildman–Crippen MR) is 77.1 cm³/mol. The van der Waals surface area contributed by atoms with E-state index in [1.807, 2.05) is 31.2 Å². The first-order valence-corrected chi connectivity index (χ1v) is 8.46. The number of hydrogen-bond acceptors (Lipinski definition) is 4. The molecule has 1 aliphatic rings. The van der Waals surface area contributed by atoms with Crippen molar-refractivity contribution in [1.29, 1.82) is 0 Å². The molecule has 1 fully saturated rings. The summed E-state index contributed by atoms with van der Waals surface area (Å²) in [4.78, 5) is 0. The largest absolute Gasteiger partial charge is 0.393 e. The second-order valence-electron chi connectivity index (χ2n) is 5.39. The molecule has 1 N–H and O–H groups in total. The first-order valence-electron chi connectivity index (χ1n) is 6.61. The maximum absolute atomic E-state index is 11.7. The molecule has 0 unspecified atom stereocenters. The number of nitrogens with zero attached hydrogens (tertiary/aromatic N) is 1. The number of ether oxygens (including phenoxy) is 1. The van der Waals surface area contributed by atoms with Gasteiger partial charge in [0.1, 0.15) is 5.60 Å². The molecule has 2 rings (SSSR count). The van der Waals surface area contributed by atoms with Gasteiger partial charge in [0.15, 0.2) is 0 Å². The van der Waals surface area contributed by atoms with E-state index in [1.165, 1.54) is 10.6 Å². The number of benzene rings is 1. The Morgan fingerprint density at radius 2 is 2.10 bits per heavy atom. The molecule has 6 heteroatoms. The van der Waals surface area contributed by atoms with Crippen LogP contribution in [0.4, 0.5) is 0 Å². The highest BCUT2D eigenvalue weighted by molar-refractivity contribution is 7.88. The van der Waals surface area contributed by atoms with Crippen molar-refractivity contribution in [2.24, 2.45) is 0 Å². The van der Waals surface area contributed by atoms with E-state index >= 15 is 0 Å². The van der Waals surface area contributed by atoms with Gasteiger partial charge in [-0.1, -0.05) is 24.3 Å². The highest BCUT2D eigenvalue weighted by atomic mass is 32.2. The van der Waals surface area contributed by atoms with Crippen LogP contribution in [-0.2, 0) is 21.2 Å². The predicted octanol–water partition coefficient (Wildman–Crippen LogP) is 0.560. The fourth-order valence-electron chi connectivity index (χ4n) is 2.51. The Morgan fingerprint density at radius 1 is 1.40 bits per heavy atom. The molecule has 1 aromatic rings. The molecule has 1 aliphatic heterocycles. The molecule has 0 aromatic heterocycles. The summed E-state index contributed by atoms with van der Waals surface area (Å²) in [6, 6.07) is 7.87. The summed E-state index contributed by atoms with van der Waals surface area (Å²) in [5.74, 6) is 0. The highest BCUT2D eigenvalue weighted by Gasteiger charge is 2.39. The van der Waals surface area contributed by atoms with Gasteiger partial charge in [0.05, 0.1) is 19.5 Å². The third kappa shape index (κ3) is 3.38. The van der Waals surface area contributed by atoms with E-state index in [4.69, 9.17) is 4.74 Å². The van der Waals surface area contributed by atoms with Gasteiger partial charge >= 0.3 is 0 Å². The molecule has 1 aromatic carbocycles. The zero-order chi connectivity index (χ0) is 14.8. The molecule has 1 atom stereocenters. The summed E-state index contributed by atoms with van der Waals surface area (Å²) in [7, 11) is -3.27. The summed E-state index contributed by atoms with van der Waals surface area (Å²) in [6.07, 6.45) is 1.69. The van der Waals surface area contributed by atoms with Gasteiger partial charge in [0, 0.05) is 19.5 Å². The van der Waals surface area contributed by atoms with Gasteiger partial charge < -0.3 is 9.84 Å². The number of hydrogen-bond donors (Lipinski definition) is 1. The molecule has 0 amide bonds. The molecule has 5 nitrogen and oxygen atoms in total. The van der Waals surface area contributed by atoms with Crippen LogP contribution in [0, 0.1) is 6.92 Å². The summed E-state index contributed by atoms with van der Waals surface area (Å²) in [5.41, 5.74) is 1.32. The van der Waals surface area contributed by atoms with Crippen LogP contribution in [0.15, 0.2) is 24.3 Å². The lowest BCUT2D eigenvalue weighted by Crippen LogP contribution is -2.56. The van der Waals surface area contributed by atoms with Crippen LogP contribution in [0.25, 0.3) is 0 Å². The van der Waals surface area contributed by atoms with Gasteiger partial charge in [-0.05, 0) is 18.1 Å². The Bertz CT molecular complexity index is 572. The average Bonchev–Trinajstić information content (AvgIpc) is 2.41. The second-order valence-corrected chi connectivity index (χ2v) is 7.37. The Labute approximate surface area is 120 Å². The second kappa shape index (κ2) is 5.81. The smallest absolute Gasteiger partial charge is 0.211 e. The lowest BCUT2D eigenvalue weighted by molar-refractivity contribution is -0.115. The van der Waals surface area contributed by atoms with Crippen molar-refractivity contribution in [3.05, 3.63) is 35.4 Å². The number of aliphatic hydroxyl groups is 1. The number of rotatable bonds is 4. The van der Waals surface area contributed by atoms with Gasteiger partial charge in [-0.15, -0.1) is 0 Å². The summed E-state index contributed by atoms with van der Waals surface area (Å²) in [6.45, 7) is 2.63. The van der Waals surface area contributed by atoms with Crippen molar-refractivity contribution in [3.8, 4) is 0 Å². The van der Waals surface area contributed by atoms with Crippen LogP contribution < -0.4 is 0 Å². The van der Waals surface area contributed by atoms with Crippen LogP contribution in [0.2, 0.25) is 0 Å². The average molecular weight is 299 g/mol. The molecule has 112 valence electrons. The minimum atomic E-state index is -3.27. The maximum atomic E-state index is 11.7. The SMILES string of the molecule is Cc1ccccc1C[C@]1(CO)CN(S(C)(=O)=O)CCO1. The summed E-state index contributed by atoms with van der Waals surface area (Å²) < 4.78 is 30.5. The fourth-order valence-corrected chi connectivity index (χ4v) is 3.38. The first-order chi connectivity index (χ1) is 9.36. The lowest BCUT2D eigenvalue weighted by Gasteiger charge is -2.41. The number of aryl methyl sites for hydroxylation is 1. The van der Waals surface area contributed by atoms with E-state index in [0.29, 0.717) is 19.6 Å². The van der Waals surface area contributed by atoms with Crippen LogP contribution in [0.3, 0.4) is 0 Å². The standard InChI is InChI=1S/C14H21NO4S/c1-12-5-3-4-6-13(12)9-14(11-16)10-15(7-8-19-14)20(2,17)18/h3-6,16H,7-11H2,1-2H3/t14-/m1/s1. The topological polar surface area (TPSA) is 66.8 Å². The molecule has 0 aliphatic carbocycles. The van der Waals surface area contributed by atoms with Crippen LogP contribution in [0.1, 0.15) is 11.1 Å². The maximum Gasteiger partial charge on any atom is 0.211 e. The molecule has 0 bridgehead atoms. The van der Waals surface area contributed by atoms with Crippen molar-refractivity contribution in [2.75, 3.05) is 32.6 Å². The van der Waals surface area contributed by atoms with Crippen molar-refractivity contribution >= 4 is 10.0 Å². The summed E-state index contributed by atoms with van der Waals surface area (Å²) >= 11 is 0. The molecule has 1 saturated heterocycles. The Balaban J connectivity index is 2.23. The van der Waals surface area contributed by atoms with Gasteiger partial charge in [0.25, 0.3) is 0 Å². The first kappa shape index (κ1) is 15.4. The molecular weight excluding hydrogens is 278 g/mol. The van der Waals surface area contributed by atoms with Gasteiger partial charge in [-0.2, -0.15) is 4.31 Å². The molecular formula is C14H21NO4S. The summed E-state index contributed by atoms with van der Waals surface area (Å²) in [5, 5.41) is 9.73. The van der Waals surface area contributed by atoms with E-state index in [-0.39, 0.29) is 13.2 Å². The van der Waals surface area contributed by atoms with Crippen molar-refractivity contribution in [1.82, 2.24) is 4.31 Å². The van der Waals surface area contributed by atoms with Crippen molar-refractivity contribution in [2.45, 2.75) is 18.9 Å². The van der Waals surface area contributed by atoms with Gasteiger partial charge in [-0.25, -0.2) is 8.42 Å². The highest BCUT2D eigenvalue weighted by Crippen LogP contribution is 2.25. The third-order valence-electron chi connectivity index (χ3n) is 3.74. The molecule has 0 radical (unpaired) electrons. The molecule has 0 saturated carbocycles. The monoisotopic (exact) mass is 299 g/mol. The number of sulfonamides is 1. The van der Waals surface area contributed by atoms with Crippen LogP contribution in [0.5, 0.6) is 0 Å². The number of aliphatic hydroxyl groups excluding tert-OH is 1. The number of morpholine rings is 1. The van der Waals surface area contributed by atoms with Crippen LogP contribution in [-0.4, -0.2) is 56.0 Å². The zero-order valence-corrected chi connectivity index (χ0v) is 12.7. The minimum absolute atomic E-state index is 0.191. The van der Waals surface area contributed by atoms with Crippen molar-refractivity contribution in [3.63, 3.8) is 0 Å². The minimum Gasteiger partial charge on any atom is -0.393 e. The van der Waals surface area contributed by atoms with E-state index in [2.05, 4.69) is 0 Å². The van der Waals surface area contributed by atoms with Gasteiger partial charge in [-0.3, -0.25) is 0 Å². The molecule has 0 spiro atoms. The zero-order valence-electron chi connectivity index (χ0n) is 11.9. The normalized spacial score (nSPS) is 24.8. The van der Waals surface area contributed by atoms with E-state index in [0.717, 1.165) is 11.1 Å². The quantitative estimate of drug-likeness (QED) is 0.882. The van der Waals surface area contributed by atoms with E-state index < -0.39 is 15.6 Å². The van der Waals surface area contributed by atoms with Crippen LogP contribution >= 0.6 is 0 Å². The molecule has 20 heavy (non-hydrogen) atoms. The van der Waals surface area contributed by atoms with E-state index in [1.54, 1.807) is 0 Å². The Kier molecular flexibility index (Phi) is 4.49. The van der Waals surface area contributed by atoms with Gasteiger partial charge in [0.2, 0.25) is 10.0 Å². The fraction of sp³-hybridized carbons (Fsp3) is 0.571. The third-order valence-corrected chi connectivity index (χ3v) is 4.99. The Morgan fingerprint density at radius 3 is 2.70 bits per heavy atom.